The van der Waals surface area contributed by atoms with Crippen LogP contribution in [-0.4, -0.2) is 20.2 Å². The summed E-state index contributed by atoms with van der Waals surface area (Å²) in [6, 6.07) is 6.58. The Kier molecular flexibility index (Phi) is 4.05. The van der Waals surface area contributed by atoms with E-state index in [2.05, 4.69) is 14.5 Å². The van der Waals surface area contributed by atoms with Gasteiger partial charge in [-0.25, -0.2) is 17.9 Å². The van der Waals surface area contributed by atoms with Crippen LogP contribution in [0.2, 0.25) is 0 Å². The van der Waals surface area contributed by atoms with E-state index in [0.717, 1.165) is 5.56 Å². The lowest BCUT2D eigenvalue weighted by Gasteiger charge is -2.04. The lowest BCUT2D eigenvalue weighted by atomic mass is 10.2. The summed E-state index contributed by atoms with van der Waals surface area (Å²) in [6.45, 7) is 3.91. The summed E-state index contributed by atoms with van der Waals surface area (Å²) in [5.41, 5.74) is 0.914. The van der Waals surface area contributed by atoms with Crippen molar-refractivity contribution in [1.29, 1.82) is 0 Å². The van der Waals surface area contributed by atoms with Gasteiger partial charge in [0.1, 0.15) is 0 Å². The minimum atomic E-state index is -3.54. The third-order valence-electron chi connectivity index (χ3n) is 2.91. The average Bonchev–Trinajstić information content (AvgIpc) is 2.71. The van der Waals surface area contributed by atoms with Crippen molar-refractivity contribution in [2.75, 3.05) is 6.54 Å². The highest BCUT2D eigenvalue weighted by Gasteiger charge is 2.17. The maximum absolute atomic E-state index is 12.0. The van der Waals surface area contributed by atoms with Crippen LogP contribution < -0.4 is 15.0 Å². The molecule has 0 radical (unpaired) electrons. The van der Waals surface area contributed by atoms with Crippen LogP contribution >= 0.6 is 0 Å². The Balaban J connectivity index is 2.01. The summed E-state index contributed by atoms with van der Waals surface area (Å²) in [7, 11) is -3.54. The van der Waals surface area contributed by atoms with Gasteiger partial charge in [-0.2, -0.15) is 0 Å². The van der Waals surface area contributed by atoms with E-state index in [1.54, 1.807) is 31.2 Å². The van der Waals surface area contributed by atoms with E-state index in [0.29, 0.717) is 5.69 Å². The van der Waals surface area contributed by atoms with Crippen LogP contribution in [0.15, 0.2) is 38.5 Å². The molecule has 1 aromatic heterocycles. The minimum Gasteiger partial charge on any atom is -0.283 e. The van der Waals surface area contributed by atoms with Gasteiger partial charge in [0.05, 0.1) is 11.4 Å². The number of aromatic nitrogens is 2. The molecule has 7 nitrogen and oxygen atoms in total. The molecular formula is C12H16N3O4S+. The van der Waals surface area contributed by atoms with Crippen molar-refractivity contribution in [2.45, 2.75) is 25.3 Å². The summed E-state index contributed by atoms with van der Waals surface area (Å²) in [5.74, 6) is 0. The van der Waals surface area contributed by atoms with Gasteiger partial charge >= 0.3 is 5.63 Å². The van der Waals surface area contributed by atoms with Crippen LogP contribution in [0.4, 0.5) is 0 Å². The standard InChI is InChI=1S/C12H15N3O4S/c1-9-3-5-11(6-4-9)20(17,18)13-7-8-15-10(2)12(16)19-14-15/h3-6,13H,7-8H2,1-2H3/p+1. The Morgan fingerprint density at radius 3 is 2.45 bits per heavy atom. The van der Waals surface area contributed by atoms with Gasteiger partial charge in [-0.1, -0.05) is 22.4 Å². The van der Waals surface area contributed by atoms with E-state index in [-0.39, 0.29) is 18.0 Å². The molecule has 2 N–H and O–H groups in total. The molecule has 0 unspecified atom stereocenters. The number of nitrogens with one attached hydrogen (secondary N) is 2. The first kappa shape index (κ1) is 14.5. The fourth-order valence-electron chi connectivity index (χ4n) is 1.65. The zero-order valence-corrected chi connectivity index (χ0v) is 12.0. The second-order valence-electron chi connectivity index (χ2n) is 4.43. The van der Waals surface area contributed by atoms with E-state index in [9.17, 15) is 13.2 Å². The quantitative estimate of drug-likeness (QED) is 0.750. The van der Waals surface area contributed by atoms with Gasteiger partial charge in [0, 0.05) is 6.92 Å². The van der Waals surface area contributed by atoms with Crippen molar-refractivity contribution in [3.8, 4) is 0 Å². The highest BCUT2D eigenvalue weighted by atomic mass is 32.2. The maximum Gasteiger partial charge on any atom is 0.429 e. The first-order valence-electron chi connectivity index (χ1n) is 6.04. The molecule has 0 aliphatic heterocycles. The zero-order valence-electron chi connectivity index (χ0n) is 11.2. The van der Waals surface area contributed by atoms with Crippen LogP contribution in [0.3, 0.4) is 0 Å². The number of hydrogen-bond acceptors (Lipinski definition) is 4. The van der Waals surface area contributed by atoms with Crippen molar-refractivity contribution in [1.82, 2.24) is 9.99 Å². The smallest absolute Gasteiger partial charge is 0.283 e. The molecule has 1 aromatic carbocycles. The van der Waals surface area contributed by atoms with Crippen molar-refractivity contribution >= 4 is 10.0 Å². The Labute approximate surface area is 116 Å². The Hall–Kier alpha value is -1.93. The van der Waals surface area contributed by atoms with Crippen LogP contribution in [0.1, 0.15) is 11.3 Å². The van der Waals surface area contributed by atoms with E-state index < -0.39 is 15.6 Å². The van der Waals surface area contributed by atoms with Crippen molar-refractivity contribution in [2.24, 2.45) is 0 Å². The van der Waals surface area contributed by atoms with Gasteiger partial charge in [-0.15, -0.1) is 0 Å². The van der Waals surface area contributed by atoms with Crippen molar-refractivity contribution < 1.29 is 17.6 Å². The van der Waals surface area contributed by atoms with Gasteiger partial charge in [0.2, 0.25) is 10.0 Å². The fourth-order valence-corrected chi connectivity index (χ4v) is 2.68. The monoisotopic (exact) mass is 298 g/mol. The predicted molar refractivity (Wildman–Crippen MR) is 70.6 cm³/mol. The second kappa shape index (κ2) is 5.59. The lowest BCUT2D eigenvalue weighted by Crippen LogP contribution is -2.44. The number of hydrogen-bond donors (Lipinski definition) is 2. The molecule has 2 aromatic rings. The number of rotatable bonds is 5. The molecule has 8 heteroatoms. The summed E-state index contributed by atoms with van der Waals surface area (Å²) in [4.78, 5) is 11.3. The number of benzene rings is 1. The highest BCUT2D eigenvalue weighted by Crippen LogP contribution is 2.09. The summed E-state index contributed by atoms with van der Waals surface area (Å²) in [6.07, 6.45) is 0. The van der Waals surface area contributed by atoms with Gasteiger partial charge in [0.15, 0.2) is 6.54 Å². The normalized spacial score (nSPS) is 11.7. The fraction of sp³-hybridized carbons (Fsp3) is 0.333. The molecule has 1 heterocycles. The van der Waals surface area contributed by atoms with Gasteiger partial charge in [-0.3, -0.25) is 4.52 Å². The first-order chi connectivity index (χ1) is 9.40. The summed E-state index contributed by atoms with van der Waals surface area (Å²) >= 11 is 0. The molecule has 0 atom stereocenters. The highest BCUT2D eigenvalue weighted by molar-refractivity contribution is 7.89. The first-order valence-corrected chi connectivity index (χ1v) is 7.53. The largest absolute Gasteiger partial charge is 0.429 e. The summed E-state index contributed by atoms with van der Waals surface area (Å²) < 4.78 is 32.5. The Bertz CT molecular complexity index is 744. The van der Waals surface area contributed by atoms with E-state index in [1.165, 1.54) is 4.68 Å². The van der Waals surface area contributed by atoms with Crippen LogP contribution in [0.5, 0.6) is 0 Å². The van der Waals surface area contributed by atoms with Gasteiger partial charge in [0.25, 0.3) is 5.69 Å². The molecule has 108 valence electrons. The maximum atomic E-state index is 12.0. The molecule has 0 aliphatic rings. The molecule has 0 saturated heterocycles. The number of sulfonamides is 1. The average molecular weight is 298 g/mol. The van der Waals surface area contributed by atoms with Crippen LogP contribution in [0.25, 0.3) is 0 Å². The van der Waals surface area contributed by atoms with Crippen molar-refractivity contribution in [3.63, 3.8) is 0 Å². The molecule has 0 spiro atoms. The molecule has 0 fully saturated rings. The molecule has 0 amide bonds. The molecule has 0 bridgehead atoms. The third-order valence-corrected chi connectivity index (χ3v) is 4.38. The number of nitrogens with zero attached hydrogens (tertiary/aromatic N) is 1. The third kappa shape index (κ3) is 3.14. The SMILES string of the molecule is Cc1ccc(S(=O)(=O)NCC[n+]2[nH]oc(=O)c2C)cc1. The Morgan fingerprint density at radius 2 is 1.90 bits per heavy atom. The van der Waals surface area contributed by atoms with E-state index in [1.807, 2.05) is 6.92 Å². The topological polar surface area (TPSA) is 96.1 Å². The molecule has 0 saturated carbocycles. The lowest BCUT2D eigenvalue weighted by molar-refractivity contribution is -0.765. The van der Waals surface area contributed by atoms with Crippen molar-refractivity contribution in [3.05, 3.63) is 45.9 Å². The Morgan fingerprint density at radius 1 is 1.25 bits per heavy atom. The van der Waals surface area contributed by atoms with E-state index in [4.69, 9.17) is 0 Å². The molecule has 0 aliphatic carbocycles. The minimum absolute atomic E-state index is 0.150. The number of H-pyrrole nitrogens is 1. The number of aromatic amines is 1. The predicted octanol–water partition coefficient (Wildman–Crippen LogP) is -0.149. The summed E-state index contributed by atoms with van der Waals surface area (Å²) in [5, 5.41) is 2.40. The second-order valence-corrected chi connectivity index (χ2v) is 6.20. The molecule has 2 rings (SSSR count). The molecular weight excluding hydrogens is 282 g/mol. The van der Waals surface area contributed by atoms with Crippen LogP contribution in [-0.2, 0) is 16.6 Å². The van der Waals surface area contributed by atoms with Gasteiger partial charge in [-0.05, 0) is 24.3 Å². The number of aryl methyl sites for hydroxylation is 1. The molecule has 20 heavy (non-hydrogen) atoms. The van der Waals surface area contributed by atoms with Crippen LogP contribution in [0, 0.1) is 13.8 Å². The van der Waals surface area contributed by atoms with E-state index >= 15 is 0 Å². The zero-order chi connectivity index (χ0) is 14.8. The van der Waals surface area contributed by atoms with Gasteiger partial charge < -0.3 is 0 Å².